The second-order valence-electron chi connectivity index (χ2n) is 3.30. The van der Waals surface area contributed by atoms with Crippen LogP contribution >= 0.6 is 0 Å². The van der Waals surface area contributed by atoms with Gasteiger partial charge in [0.25, 0.3) is 0 Å². The maximum Gasteiger partial charge on any atom is 0.201 e. The van der Waals surface area contributed by atoms with Crippen LogP contribution in [-0.4, -0.2) is 10.1 Å². The Morgan fingerprint density at radius 2 is 2.06 bits per heavy atom. The van der Waals surface area contributed by atoms with Gasteiger partial charge >= 0.3 is 0 Å². The van der Waals surface area contributed by atoms with E-state index in [1.165, 1.54) is 30.5 Å². The molecule has 0 saturated heterocycles. The average molecular weight is 237 g/mol. The molecule has 2 rings (SSSR count). The van der Waals surface area contributed by atoms with Crippen LogP contribution in [0.5, 0.6) is 11.5 Å². The van der Waals surface area contributed by atoms with E-state index in [1.807, 2.05) is 0 Å². The maximum absolute atomic E-state index is 13.3. The van der Waals surface area contributed by atoms with Gasteiger partial charge in [-0.15, -0.1) is 0 Å². The van der Waals surface area contributed by atoms with Crippen LogP contribution in [0.25, 0.3) is 0 Å². The molecule has 0 aliphatic heterocycles. The first-order chi connectivity index (χ1) is 8.20. The van der Waals surface area contributed by atoms with Crippen molar-refractivity contribution in [1.29, 1.82) is 0 Å². The van der Waals surface area contributed by atoms with E-state index in [4.69, 9.17) is 9.84 Å². The summed E-state index contributed by atoms with van der Waals surface area (Å²) in [5.74, 6) is -1.94. The summed E-state index contributed by atoms with van der Waals surface area (Å²) in [4.78, 5) is 3.84. The molecule has 0 radical (unpaired) electrons. The predicted molar refractivity (Wildman–Crippen MR) is 56.6 cm³/mol. The van der Waals surface area contributed by atoms with Crippen LogP contribution < -0.4 is 4.74 Å². The van der Waals surface area contributed by atoms with Gasteiger partial charge in [-0.3, -0.25) is 4.98 Å². The molecular formula is C12H9F2NO2. The Morgan fingerprint density at radius 3 is 2.82 bits per heavy atom. The van der Waals surface area contributed by atoms with Gasteiger partial charge in [-0.05, 0) is 18.2 Å². The number of aliphatic hydroxyl groups is 1. The van der Waals surface area contributed by atoms with E-state index < -0.39 is 11.6 Å². The molecule has 2 aromatic rings. The molecule has 0 spiro atoms. The van der Waals surface area contributed by atoms with Crippen molar-refractivity contribution in [2.75, 3.05) is 0 Å². The zero-order valence-corrected chi connectivity index (χ0v) is 8.73. The minimum atomic E-state index is -1.05. The number of aliphatic hydroxyl groups excluding tert-OH is 1. The lowest BCUT2D eigenvalue weighted by molar-refractivity contribution is 0.276. The van der Waals surface area contributed by atoms with E-state index in [9.17, 15) is 8.78 Å². The number of halogens is 2. The van der Waals surface area contributed by atoms with Gasteiger partial charge in [0, 0.05) is 12.3 Å². The number of ether oxygens (including phenoxy) is 1. The Balaban J connectivity index is 2.28. The zero-order chi connectivity index (χ0) is 12.3. The van der Waals surface area contributed by atoms with Crippen molar-refractivity contribution < 1.29 is 18.6 Å². The number of nitrogens with zero attached hydrogens (tertiary/aromatic N) is 1. The fourth-order valence-corrected chi connectivity index (χ4v) is 1.30. The molecule has 88 valence electrons. The van der Waals surface area contributed by atoms with Crippen LogP contribution in [0.15, 0.2) is 36.5 Å². The second kappa shape index (κ2) is 4.88. The molecule has 1 heterocycles. The van der Waals surface area contributed by atoms with E-state index in [2.05, 4.69) is 4.98 Å². The number of pyridine rings is 1. The highest BCUT2D eigenvalue weighted by atomic mass is 19.2. The molecule has 0 aliphatic rings. The van der Waals surface area contributed by atoms with Crippen molar-refractivity contribution in [2.24, 2.45) is 0 Å². The van der Waals surface area contributed by atoms with Gasteiger partial charge in [0.2, 0.25) is 5.82 Å². The monoisotopic (exact) mass is 237 g/mol. The smallest absolute Gasteiger partial charge is 0.201 e. The minimum absolute atomic E-state index is 0.208. The highest BCUT2D eigenvalue weighted by Gasteiger charge is 2.09. The van der Waals surface area contributed by atoms with Gasteiger partial charge in [-0.25, -0.2) is 4.39 Å². The molecule has 0 saturated carbocycles. The quantitative estimate of drug-likeness (QED) is 0.892. The fraction of sp³-hybridized carbons (Fsp3) is 0.0833. The molecule has 1 N–H and O–H groups in total. The number of rotatable bonds is 3. The third kappa shape index (κ3) is 2.57. The Labute approximate surface area is 96.3 Å². The maximum atomic E-state index is 13.3. The summed E-state index contributed by atoms with van der Waals surface area (Å²) in [6, 6.07) is 6.61. The molecule has 0 amide bonds. The number of aromatic nitrogens is 1. The van der Waals surface area contributed by atoms with Gasteiger partial charge in [-0.2, -0.15) is 4.39 Å². The highest BCUT2D eigenvalue weighted by Crippen LogP contribution is 2.25. The SMILES string of the molecule is OCc1cc(Oc2cccc(F)c2F)ccn1. The average Bonchev–Trinajstić information content (AvgIpc) is 2.35. The molecule has 0 aliphatic carbocycles. The van der Waals surface area contributed by atoms with Crippen LogP contribution in [0.2, 0.25) is 0 Å². The molecule has 17 heavy (non-hydrogen) atoms. The zero-order valence-electron chi connectivity index (χ0n) is 8.73. The molecule has 0 bridgehead atoms. The van der Waals surface area contributed by atoms with E-state index >= 15 is 0 Å². The van der Waals surface area contributed by atoms with Gasteiger partial charge in [0.1, 0.15) is 5.75 Å². The molecule has 0 atom stereocenters. The number of benzene rings is 1. The van der Waals surface area contributed by atoms with Crippen LogP contribution in [0.4, 0.5) is 8.78 Å². The first kappa shape index (κ1) is 11.5. The van der Waals surface area contributed by atoms with Crippen LogP contribution in [0, 0.1) is 11.6 Å². The molecule has 5 heteroatoms. The van der Waals surface area contributed by atoms with Crippen LogP contribution in [0.3, 0.4) is 0 Å². The largest absolute Gasteiger partial charge is 0.454 e. The standard InChI is InChI=1S/C12H9F2NO2/c13-10-2-1-3-11(12(10)14)17-9-4-5-15-8(6-9)7-16/h1-6,16H,7H2. The highest BCUT2D eigenvalue weighted by molar-refractivity contribution is 5.32. The Kier molecular flexibility index (Phi) is 3.30. The third-order valence-electron chi connectivity index (χ3n) is 2.09. The lowest BCUT2D eigenvalue weighted by Gasteiger charge is -2.07. The summed E-state index contributed by atoms with van der Waals surface area (Å²) in [5.41, 5.74) is 0.388. The summed E-state index contributed by atoms with van der Waals surface area (Å²) in [7, 11) is 0. The second-order valence-corrected chi connectivity index (χ2v) is 3.30. The normalized spacial score (nSPS) is 10.3. The lowest BCUT2D eigenvalue weighted by atomic mass is 10.3. The fourth-order valence-electron chi connectivity index (χ4n) is 1.30. The molecular weight excluding hydrogens is 228 g/mol. The van der Waals surface area contributed by atoms with E-state index in [-0.39, 0.29) is 18.1 Å². The van der Waals surface area contributed by atoms with Crippen molar-refractivity contribution in [3.05, 3.63) is 53.9 Å². The molecule has 1 aromatic carbocycles. The van der Waals surface area contributed by atoms with E-state index in [0.717, 1.165) is 6.07 Å². The first-order valence-electron chi connectivity index (χ1n) is 4.88. The summed E-state index contributed by atoms with van der Waals surface area (Å²) in [6.45, 7) is -0.247. The van der Waals surface area contributed by atoms with Crippen molar-refractivity contribution in [1.82, 2.24) is 4.98 Å². The molecule has 0 unspecified atom stereocenters. The van der Waals surface area contributed by atoms with Crippen molar-refractivity contribution >= 4 is 0 Å². The van der Waals surface area contributed by atoms with E-state index in [1.54, 1.807) is 0 Å². The van der Waals surface area contributed by atoms with Crippen molar-refractivity contribution in [2.45, 2.75) is 6.61 Å². The first-order valence-corrected chi connectivity index (χ1v) is 4.88. The van der Waals surface area contributed by atoms with Crippen LogP contribution in [0.1, 0.15) is 5.69 Å². The van der Waals surface area contributed by atoms with Gasteiger partial charge < -0.3 is 9.84 Å². The summed E-state index contributed by atoms with van der Waals surface area (Å²) in [5, 5.41) is 8.87. The molecule has 3 nitrogen and oxygen atoms in total. The molecule has 0 fully saturated rings. The molecule has 1 aromatic heterocycles. The van der Waals surface area contributed by atoms with Gasteiger partial charge in [-0.1, -0.05) is 6.07 Å². The van der Waals surface area contributed by atoms with Crippen molar-refractivity contribution in [3.8, 4) is 11.5 Å². The summed E-state index contributed by atoms with van der Waals surface area (Å²) < 4.78 is 31.4. The topological polar surface area (TPSA) is 42.4 Å². The van der Waals surface area contributed by atoms with Gasteiger partial charge in [0.15, 0.2) is 11.6 Å². The minimum Gasteiger partial charge on any atom is -0.454 e. The third-order valence-corrected chi connectivity index (χ3v) is 2.09. The Morgan fingerprint density at radius 1 is 1.24 bits per heavy atom. The van der Waals surface area contributed by atoms with Crippen molar-refractivity contribution in [3.63, 3.8) is 0 Å². The van der Waals surface area contributed by atoms with Crippen LogP contribution in [-0.2, 0) is 6.61 Å². The van der Waals surface area contributed by atoms with E-state index in [0.29, 0.717) is 5.69 Å². The number of hydrogen-bond acceptors (Lipinski definition) is 3. The Hall–Kier alpha value is -2.01. The van der Waals surface area contributed by atoms with Gasteiger partial charge in [0.05, 0.1) is 12.3 Å². The summed E-state index contributed by atoms with van der Waals surface area (Å²) >= 11 is 0. The predicted octanol–water partition coefficient (Wildman–Crippen LogP) is 2.64. The summed E-state index contributed by atoms with van der Waals surface area (Å²) in [6.07, 6.45) is 1.41. The lowest BCUT2D eigenvalue weighted by Crippen LogP contribution is -1.93. The number of hydrogen-bond donors (Lipinski definition) is 1. The Bertz CT molecular complexity index is 532.